The van der Waals surface area contributed by atoms with Crippen LogP contribution in [0.25, 0.3) is 0 Å². The van der Waals surface area contributed by atoms with Crippen molar-refractivity contribution >= 4 is 40.9 Å². The molecule has 3 amide bonds. The number of likely N-dealkylation sites (tertiary alicyclic amines) is 1. The minimum Gasteiger partial charge on any atom is -0.366 e. The standard InChI is InChI=1S/C25H27FN4O3S/c26-18-5-1-3-7-20(18)28-13-15-30(16-14-28)24(32)17-9-11-29(12-10-17)25(33)22-23(31)27-19-6-2-4-8-21(19)34-22/h1-8,17,22H,9-16H2,(H,27,31)/t22-/m0/s1. The van der Waals surface area contributed by atoms with Gasteiger partial charge < -0.3 is 20.0 Å². The van der Waals surface area contributed by atoms with Crippen LogP contribution in [-0.2, 0) is 14.4 Å². The van der Waals surface area contributed by atoms with Crippen LogP contribution in [0.3, 0.4) is 0 Å². The molecule has 0 unspecified atom stereocenters. The van der Waals surface area contributed by atoms with Gasteiger partial charge in [0.05, 0.1) is 11.4 Å². The molecule has 3 aliphatic rings. The quantitative estimate of drug-likeness (QED) is 0.682. The van der Waals surface area contributed by atoms with E-state index in [0.29, 0.717) is 57.8 Å². The van der Waals surface area contributed by atoms with Gasteiger partial charge in [0, 0.05) is 50.1 Å². The van der Waals surface area contributed by atoms with Crippen molar-refractivity contribution in [2.24, 2.45) is 5.92 Å². The van der Waals surface area contributed by atoms with E-state index in [1.165, 1.54) is 17.8 Å². The fraction of sp³-hybridized carbons (Fsp3) is 0.400. The van der Waals surface area contributed by atoms with Gasteiger partial charge >= 0.3 is 0 Å². The van der Waals surface area contributed by atoms with Crippen LogP contribution in [0.2, 0.25) is 0 Å². The maximum Gasteiger partial charge on any atom is 0.247 e. The van der Waals surface area contributed by atoms with Gasteiger partial charge in [-0.2, -0.15) is 0 Å². The molecule has 7 nitrogen and oxygen atoms in total. The van der Waals surface area contributed by atoms with Crippen molar-refractivity contribution in [3.8, 4) is 0 Å². The van der Waals surface area contributed by atoms with E-state index >= 15 is 0 Å². The summed E-state index contributed by atoms with van der Waals surface area (Å²) in [5.74, 6) is -0.745. The number of nitrogens with one attached hydrogen (secondary N) is 1. The number of amides is 3. The summed E-state index contributed by atoms with van der Waals surface area (Å²) in [4.78, 5) is 45.1. The third-order valence-corrected chi connectivity index (χ3v) is 8.05. The lowest BCUT2D eigenvalue weighted by atomic mass is 9.94. The average Bonchev–Trinajstić information content (AvgIpc) is 2.88. The highest BCUT2D eigenvalue weighted by atomic mass is 32.2. The summed E-state index contributed by atoms with van der Waals surface area (Å²) >= 11 is 1.29. The number of para-hydroxylation sites is 2. The third-order valence-electron chi connectivity index (χ3n) is 6.79. The first kappa shape index (κ1) is 22.7. The number of anilines is 2. The van der Waals surface area contributed by atoms with Crippen molar-refractivity contribution < 1.29 is 18.8 Å². The third kappa shape index (κ3) is 4.49. The van der Waals surface area contributed by atoms with Crippen molar-refractivity contribution in [2.45, 2.75) is 23.0 Å². The Hall–Kier alpha value is -3.07. The van der Waals surface area contributed by atoms with Gasteiger partial charge in [0.2, 0.25) is 17.7 Å². The van der Waals surface area contributed by atoms with Crippen LogP contribution in [0.5, 0.6) is 0 Å². The number of carbonyl (C=O) groups excluding carboxylic acids is 3. The maximum absolute atomic E-state index is 14.1. The summed E-state index contributed by atoms with van der Waals surface area (Å²) in [6.07, 6.45) is 1.18. The highest BCUT2D eigenvalue weighted by molar-refractivity contribution is 8.01. The summed E-state index contributed by atoms with van der Waals surface area (Å²) in [5, 5.41) is 2.03. The Morgan fingerprint density at radius 3 is 2.24 bits per heavy atom. The fourth-order valence-corrected chi connectivity index (χ4v) is 5.93. The summed E-state index contributed by atoms with van der Waals surface area (Å²) in [6.45, 7) is 3.25. The molecule has 0 radical (unpaired) electrons. The van der Waals surface area contributed by atoms with Gasteiger partial charge in [0.1, 0.15) is 5.82 Å². The van der Waals surface area contributed by atoms with Gasteiger partial charge in [-0.25, -0.2) is 4.39 Å². The normalized spacial score (nSPS) is 21.1. The van der Waals surface area contributed by atoms with Crippen LogP contribution in [-0.4, -0.2) is 72.0 Å². The van der Waals surface area contributed by atoms with E-state index in [2.05, 4.69) is 5.32 Å². The van der Waals surface area contributed by atoms with Gasteiger partial charge in [-0.05, 0) is 37.1 Å². The van der Waals surface area contributed by atoms with E-state index in [-0.39, 0.29) is 29.5 Å². The summed E-state index contributed by atoms with van der Waals surface area (Å²) in [6, 6.07) is 14.2. The molecule has 5 rings (SSSR count). The highest BCUT2D eigenvalue weighted by Crippen LogP contribution is 2.36. The lowest BCUT2D eigenvalue weighted by molar-refractivity contribution is -0.141. The lowest BCUT2D eigenvalue weighted by Crippen LogP contribution is -2.53. The number of piperazine rings is 1. The van der Waals surface area contributed by atoms with Gasteiger partial charge in [0.15, 0.2) is 5.25 Å². The molecule has 2 fully saturated rings. The lowest BCUT2D eigenvalue weighted by Gasteiger charge is -2.39. The van der Waals surface area contributed by atoms with Gasteiger partial charge in [-0.15, -0.1) is 11.8 Å². The Bertz CT molecular complexity index is 1100. The second-order valence-electron chi connectivity index (χ2n) is 8.85. The fourth-order valence-electron chi connectivity index (χ4n) is 4.86. The predicted octanol–water partition coefficient (Wildman–Crippen LogP) is 2.83. The second-order valence-corrected chi connectivity index (χ2v) is 9.99. The zero-order valence-corrected chi connectivity index (χ0v) is 19.6. The molecular weight excluding hydrogens is 455 g/mol. The van der Waals surface area contributed by atoms with E-state index < -0.39 is 5.25 Å². The number of fused-ring (bicyclic) bond motifs is 1. The molecule has 2 saturated heterocycles. The number of hydrogen-bond donors (Lipinski definition) is 1. The molecular formula is C25H27FN4O3S. The van der Waals surface area contributed by atoms with E-state index in [9.17, 15) is 18.8 Å². The SMILES string of the molecule is O=C1Nc2ccccc2S[C@@H]1C(=O)N1CCC(C(=O)N2CCN(c3ccccc3F)CC2)CC1. The maximum atomic E-state index is 14.1. The Labute approximate surface area is 202 Å². The molecule has 0 aliphatic carbocycles. The molecule has 1 atom stereocenters. The number of piperidine rings is 1. The average molecular weight is 483 g/mol. The summed E-state index contributed by atoms with van der Waals surface area (Å²) in [5.41, 5.74) is 1.31. The van der Waals surface area contributed by atoms with Gasteiger partial charge in [-0.1, -0.05) is 24.3 Å². The molecule has 178 valence electrons. The summed E-state index contributed by atoms with van der Waals surface area (Å²) < 4.78 is 14.1. The van der Waals surface area contributed by atoms with Crippen molar-refractivity contribution in [3.05, 3.63) is 54.3 Å². The smallest absolute Gasteiger partial charge is 0.247 e. The minimum absolute atomic E-state index is 0.110. The van der Waals surface area contributed by atoms with Crippen molar-refractivity contribution in [3.63, 3.8) is 0 Å². The number of halogens is 1. The molecule has 0 spiro atoms. The molecule has 0 aromatic heterocycles. The second kappa shape index (κ2) is 9.66. The highest BCUT2D eigenvalue weighted by Gasteiger charge is 2.38. The molecule has 1 N–H and O–H groups in total. The van der Waals surface area contributed by atoms with Crippen LogP contribution in [0.4, 0.5) is 15.8 Å². The van der Waals surface area contributed by atoms with Gasteiger partial charge in [0.25, 0.3) is 0 Å². The first-order valence-electron chi connectivity index (χ1n) is 11.6. The van der Waals surface area contributed by atoms with E-state index in [4.69, 9.17) is 0 Å². The Balaban J connectivity index is 1.13. The largest absolute Gasteiger partial charge is 0.366 e. The van der Waals surface area contributed by atoms with Crippen LogP contribution in [0.1, 0.15) is 12.8 Å². The van der Waals surface area contributed by atoms with E-state index in [1.807, 2.05) is 40.1 Å². The molecule has 34 heavy (non-hydrogen) atoms. The van der Waals surface area contributed by atoms with Crippen LogP contribution < -0.4 is 10.2 Å². The molecule has 2 aromatic carbocycles. The van der Waals surface area contributed by atoms with Crippen LogP contribution in [0, 0.1) is 11.7 Å². The Morgan fingerprint density at radius 2 is 1.50 bits per heavy atom. The Morgan fingerprint density at radius 1 is 0.853 bits per heavy atom. The first-order chi connectivity index (χ1) is 16.5. The monoisotopic (exact) mass is 482 g/mol. The molecule has 2 aromatic rings. The summed E-state index contributed by atoms with van der Waals surface area (Å²) in [7, 11) is 0. The number of hydrogen-bond acceptors (Lipinski definition) is 5. The number of carbonyl (C=O) groups is 3. The van der Waals surface area contributed by atoms with E-state index in [0.717, 1.165) is 10.6 Å². The van der Waals surface area contributed by atoms with Crippen molar-refractivity contribution in [2.75, 3.05) is 49.5 Å². The minimum atomic E-state index is -0.798. The topological polar surface area (TPSA) is 73.0 Å². The van der Waals surface area contributed by atoms with Crippen molar-refractivity contribution in [1.29, 1.82) is 0 Å². The predicted molar refractivity (Wildman–Crippen MR) is 129 cm³/mol. The van der Waals surface area contributed by atoms with Crippen LogP contribution >= 0.6 is 11.8 Å². The first-order valence-corrected chi connectivity index (χ1v) is 12.5. The van der Waals surface area contributed by atoms with Gasteiger partial charge in [-0.3, -0.25) is 14.4 Å². The molecule has 3 heterocycles. The number of nitrogens with zero attached hydrogens (tertiary/aromatic N) is 3. The Kier molecular flexibility index (Phi) is 6.45. The molecule has 0 saturated carbocycles. The zero-order valence-electron chi connectivity index (χ0n) is 18.8. The van der Waals surface area contributed by atoms with Crippen molar-refractivity contribution in [1.82, 2.24) is 9.80 Å². The van der Waals surface area contributed by atoms with E-state index in [1.54, 1.807) is 17.0 Å². The molecule has 3 aliphatic heterocycles. The number of thioether (sulfide) groups is 1. The van der Waals surface area contributed by atoms with Crippen LogP contribution in [0.15, 0.2) is 53.4 Å². The molecule has 9 heteroatoms. The number of rotatable bonds is 3. The number of benzene rings is 2. The zero-order chi connectivity index (χ0) is 23.7. The molecule has 0 bridgehead atoms.